The minimum absolute atomic E-state index is 0.136. The summed E-state index contributed by atoms with van der Waals surface area (Å²) in [6.07, 6.45) is 6.16. The van der Waals surface area contributed by atoms with Crippen molar-refractivity contribution in [1.82, 2.24) is 9.71 Å². The van der Waals surface area contributed by atoms with Crippen LogP contribution in [0.1, 0.15) is 43.5 Å². The van der Waals surface area contributed by atoms with Gasteiger partial charge >= 0.3 is 0 Å². The molecule has 4 atom stereocenters. The van der Waals surface area contributed by atoms with Gasteiger partial charge in [0.15, 0.2) is 0 Å². The molecule has 2 aliphatic rings. The van der Waals surface area contributed by atoms with Gasteiger partial charge in [-0.25, -0.2) is 18.1 Å². The predicted molar refractivity (Wildman–Crippen MR) is 76.7 cm³/mol. The summed E-state index contributed by atoms with van der Waals surface area (Å²) in [5.74, 6) is 1.25. The van der Waals surface area contributed by atoms with E-state index < -0.39 is 10.0 Å². The van der Waals surface area contributed by atoms with Crippen molar-refractivity contribution < 1.29 is 8.42 Å². The van der Waals surface area contributed by atoms with E-state index in [1.54, 1.807) is 17.5 Å². The summed E-state index contributed by atoms with van der Waals surface area (Å²) in [4.78, 5) is 4.23. The maximum atomic E-state index is 12.3. The minimum atomic E-state index is -3.14. The summed E-state index contributed by atoms with van der Waals surface area (Å²) in [7, 11) is -3.14. The van der Waals surface area contributed by atoms with Gasteiger partial charge in [-0.2, -0.15) is 0 Å². The Morgan fingerprint density at radius 3 is 3.05 bits per heavy atom. The number of rotatable bonds is 5. The smallest absolute Gasteiger partial charge is 0.214 e. The Hall–Kier alpha value is -0.460. The lowest BCUT2D eigenvalue weighted by Crippen LogP contribution is -2.49. The Morgan fingerprint density at radius 1 is 1.53 bits per heavy atom. The molecule has 0 bridgehead atoms. The van der Waals surface area contributed by atoms with Gasteiger partial charge in [0.25, 0.3) is 0 Å². The van der Waals surface area contributed by atoms with E-state index in [9.17, 15) is 8.42 Å². The first kappa shape index (κ1) is 13.5. The molecular formula is C13H20N2O2S2. The summed E-state index contributed by atoms with van der Waals surface area (Å²) in [5.41, 5.74) is 0. The number of aromatic nitrogens is 1. The standard InChI is InChI=1S/C13H20N2O2S2/c1-9(13-14-5-6-18-13)8-15-19(16,17)12-7-10-3-2-4-11(10)12/h5-6,9-12,15H,2-4,7-8H2,1H3. The zero-order valence-corrected chi connectivity index (χ0v) is 12.7. The number of nitrogens with one attached hydrogen (secondary N) is 1. The van der Waals surface area contributed by atoms with Crippen molar-refractivity contribution in [3.63, 3.8) is 0 Å². The molecule has 0 aromatic carbocycles. The fraction of sp³-hybridized carbons (Fsp3) is 0.769. The Balaban J connectivity index is 1.57. The van der Waals surface area contributed by atoms with Gasteiger partial charge < -0.3 is 0 Å². The van der Waals surface area contributed by atoms with E-state index in [0.29, 0.717) is 18.4 Å². The molecule has 6 heteroatoms. The lowest BCUT2D eigenvalue weighted by molar-refractivity contribution is 0.221. The molecule has 4 nitrogen and oxygen atoms in total. The molecule has 2 aliphatic carbocycles. The number of hydrogen-bond acceptors (Lipinski definition) is 4. The van der Waals surface area contributed by atoms with Gasteiger partial charge in [-0.05, 0) is 24.7 Å². The van der Waals surface area contributed by atoms with Crippen LogP contribution in [0.4, 0.5) is 0 Å². The number of nitrogens with zero attached hydrogens (tertiary/aromatic N) is 1. The number of hydrogen-bond donors (Lipinski definition) is 1. The zero-order chi connectivity index (χ0) is 13.5. The third-order valence-corrected chi connectivity index (χ3v) is 7.51. The summed E-state index contributed by atoms with van der Waals surface area (Å²) in [6, 6.07) is 0. The fourth-order valence-corrected chi connectivity index (χ4v) is 6.11. The highest BCUT2D eigenvalue weighted by Crippen LogP contribution is 2.49. The van der Waals surface area contributed by atoms with Crippen molar-refractivity contribution in [3.8, 4) is 0 Å². The molecule has 1 aromatic rings. The maximum absolute atomic E-state index is 12.3. The zero-order valence-electron chi connectivity index (χ0n) is 11.1. The Morgan fingerprint density at radius 2 is 2.37 bits per heavy atom. The SMILES string of the molecule is CC(CNS(=O)(=O)C1CC2CCCC21)c1nccs1. The van der Waals surface area contributed by atoms with Crippen LogP contribution in [0.3, 0.4) is 0 Å². The predicted octanol–water partition coefficient (Wildman–Crippen LogP) is 2.35. The average molecular weight is 300 g/mol. The summed E-state index contributed by atoms with van der Waals surface area (Å²) in [5, 5.41) is 2.79. The van der Waals surface area contributed by atoms with Gasteiger partial charge in [0.1, 0.15) is 0 Å². The fourth-order valence-electron chi connectivity index (χ4n) is 3.40. The molecule has 1 heterocycles. The summed E-state index contributed by atoms with van der Waals surface area (Å²) < 4.78 is 27.4. The molecule has 3 rings (SSSR count). The lowest BCUT2D eigenvalue weighted by Gasteiger charge is -2.39. The first-order valence-electron chi connectivity index (χ1n) is 6.96. The molecule has 2 saturated carbocycles. The van der Waals surface area contributed by atoms with Crippen molar-refractivity contribution in [3.05, 3.63) is 16.6 Å². The number of sulfonamides is 1. The largest absolute Gasteiger partial charge is 0.249 e. The minimum Gasteiger partial charge on any atom is -0.249 e. The van der Waals surface area contributed by atoms with E-state index in [2.05, 4.69) is 9.71 Å². The first-order valence-corrected chi connectivity index (χ1v) is 9.38. The molecule has 0 spiro atoms. The van der Waals surface area contributed by atoms with Gasteiger partial charge in [0.05, 0.1) is 10.3 Å². The second kappa shape index (κ2) is 5.14. The third kappa shape index (κ3) is 2.58. The second-order valence-electron chi connectivity index (χ2n) is 5.79. The van der Waals surface area contributed by atoms with Crippen molar-refractivity contribution >= 4 is 21.4 Å². The van der Waals surface area contributed by atoms with Crippen molar-refractivity contribution in [2.45, 2.75) is 43.8 Å². The van der Waals surface area contributed by atoms with Crippen LogP contribution in [-0.2, 0) is 10.0 Å². The van der Waals surface area contributed by atoms with Crippen LogP contribution in [0.25, 0.3) is 0 Å². The molecule has 2 fully saturated rings. The molecule has 0 saturated heterocycles. The molecule has 0 radical (unpaired) electrons. The monoisotopic (exact) mass is 300 g/mol. The van der Waals surface area contributed by atoms with E-state index in [0.717, 1.165) is 17.8 Å². The molecule has 1 N–H and O–H groups in total. The highest BCUT2D eigenvalue weighted by molar-refractivity contribution is 7.90. The van der Waals surface area contributed by atoms with Gasteiger partial charge in [-0.3, -0.25) is 0 Å². The molecular weight excluding hydrogens is 280 g/mol. The topological polar surface area (TPSA) is 59.1 Å². The van der Waals surface area contributed by atoms with Crippen LogP contribution in [-0.4, -0.2) is 25.2 Å². The molecule has 1 aromatic heterocycles. The molecule has 4 unspecified atom stereocenters. The van der Waals surface area contributed by atoms with Gasteiger partial charge in [-0.1, -0.05) is 19.8 Å². The Kier molecular flexibility index (Phi) is 3.66. The van der Waals surface area contributed by atoms with E-state index in [1.807, 2.05) is 12.3 Å². The number of fused-ring (bicyclic) bond motifs is 1. The Labute approximate surface area is 118 Å². The van der Waals surface area contributed by atoms with Crippen molar-refractivity contribution in [2.24, 2.45) is 11.8 Å². The van der Waals surface area contributed by atoms with E-state index in [-0.39, 0.29) is 11.2 Å². The molecule has 19 heavy (non-hydrogen) atoms. The van der Waals surface area contributed by atoms with E-state index >= 15 is 0 Å². The van der Waals surface area contributed by atoms with Crippen LogP contribution < -0.4 is 4.72 Å². The quantitative estimate of drug-likeness (QED) is 0.908. The van der Waals surface area contributed by atoms with Crippen LogP contribution >= 0.6 is 11.3 Å². The molecule has 0 aliphatic heterocycles. The normalized spacial score (nSPS) is 31.7. The van der Waals surface area contributed by atoms with Crippen molar-refractivity contribution in [1.29, 1.82) is 0 Å². The highest BCUT2D eigenvalue weighted by Gasteiger charge is 2.49. The van der Waals surface area contributed by atoms with Gasteiger partial charge in [0.2, 0.25) is 10.0 Å². The maximum Gasteiger partial charge on any atom is 0.214 e. The third-order valence-electron chi connectivity index (χ3n) is 4.59. The van der Waals surface area contributed by atoms with Gasteiger partial charge in [-0.15, -0.1) is 11.3 Å². The lowest BCUT2D eigenvalue weighted by atomic mass is 9.76. The van der Waals surface area contributed by atoms with Crippen LogP contribution in [0.15, 0.2) is 11.6 Å². The second-order valence-corrected chi connectivity index (χ2v) is 8.70. The van der Waals surface area contributed by atoms with Crippen LogP contribution in [0.5, 0.6) is 0 Å². The Bertz CT molecular complexity index is 527. The number of thiazole rings is 1. The summed E-state index contributed by atoms with van der Waals surface area (Å²) in [6.45, 7) is 2.48. The molecule has 106 valence electrons. The highest BCUT2D eigenvalue weighted by atomic mass is 32.2. The van der Waals surface area contributed by atoms with Gasteiger partial charge in [0, 0.05) is 24.0 Å². The van der Waals surface area contributed by atoms with Crippen LogP contribution in [0, 0.1) is 11.8 Å². The van der Waals surface area contributed by atoms with Crippen LogP contribution in [0.2, 0.25) is 0 Å². The first-order chi connectivity index (χ1) is 9.08. The van der Waals surface area contributed by atoms with E-state index in [4.69, 9.17) is 0 Å². The van der Waals surface area contributed by atoms with Crippen molar-refractivity contribution in [2.75, 3.05) is 6.54 Å². The average Bonchev–Trinajstić information content (AvgIpc) is 2.97. The molecule has 0 amide bonds. The van der Waals surface area contributed by atoms with E-state index in [1.165, 1.54) is 12.8 Å². The summed E-state index contributed by atoms with van der Waals surface area (Å²) >= 11 is 1.58.